The van der Waals surface area contributed by atoms with Gasteiger partial charge in [-0.1, -0.05) is 13.8 Å². The molecule has 0 aliphatic heterocycles. The van der Waals surface area contributed by atoms with Crippen molar-refractivity contribution in [3.8, 4) is 0 Å². The summed E-state index contributed by atoms with van der Waals surface area (Å²) in [6.07, 6.45) is 0.928. The van der Waals surface area contributed by atoms with E-state index in [9.17, 15) is 9.13 Å². The second-order valence-corrected chi connectivity index (χ2v) is 5.09. The van der Waals surface area contributed by atoms with Crippen LogP contribution in [0.2, 0.25) is 0 Å². The van der Waals surface area contributed by atoms with E-state index in [4.69, 9.17) is 9.79 Å². The Morgan fingerprint density at radius 3 is 1.33 bits per heavy atom. The van der Waals surface area contributed by atoms with Crippen molar-refractivity contribution >= 4 is 16.1 Å². The minimum atomic E-state index is -2.34. The van der Waals surface area contributed by atoms with E-state index in [1.54, 1.807) is 13.8 Å². The zero-order chi connectivity index (χ0) is 9.72. The summed E-state index contributed by atoms with van der Waals surface area (Å²) in [6, 6.07) is 0. The van der Waals surface area contributed by atoms with Gasteiger partial charge in [-0.05, 0) is 22.0 Å². The number of hydrogen-bond acceptors (Lipinski definition) is 2. The van der Waals surface area contributed by atoms with E-state index in [0.717, 1.165) is 0 Å². The van der Waals surface area contributed by atoms with Crippen LogP contribution in [0.15, 0.2) is 0 Å². The molecule has 0 aromatic rings. The lowest BCUT2D eigenvalue weighted by Gasteiger charge is -2.01. The zero-order valence-corrected chi connectivity index (χ0v) is 8.96. The fourth-order valence-electron chi connectivity index (χ4n) is 1.15. The van der Waals surface area contributed by atoms with Crippen molar-refractivity contribution in [2.75, 3.05) is 0 Å². The van der Waals surface area contributed by atoms with E-state index in [1.165, 1.54) is 0 Å². The molecular formula is C6H14O4P2+2. The highest BCUT2D eigenvalue weighted by atomic mass is 31.1. The van der Waals surface area contributed by atoms with Gasteiger partial charge >= 0.3 is 16.1 Å². The van der Waals surface area contributed by atoms with Gasteiger partial charge in [0.15, 0.2) is 0 Å². The molecule has 0 fully saturated rings. The van der Waals surface area contributed by atoms with Crippen molar-refractivity contribution in [2.45, 2.75) is 38.0 Å². The van der Waals surface area contributed by atoms with Gasteiger partial charge in [0.1, 0.15) is 0 Å². The summed E-state index contributed by atoms with van der Waals surface area (Å²) in [5.74, 6) is 0. The summed E-state index contributed by atoms with van der Waals surface area (Å²) in [7, 11) is -4.67. The highest BCUT2D eigenvalue weighted by Crippen LogP contribution is 2.40. The van der Waals surface area contributed by atoms with Gasteiger partial charge in [0.2, 0.25) is 11.3 Å². The molecule has 0 aromatic heterocycles. The Morgan fingerprint density at radius 2 is 1.25 bits per heavy atom. The third-order valence-electron chi connectivity index (χ3n) is 1.85. The van der Waals surface area contributed by atoms with Crippen molar-refractivity contribution in [3.05, 3.63) is 0 Å². The van der Waals surface area contributed by atoms with Crippen LogP contribution >= 0.6 is 16.1 Å². The topological polar surface area (TPSA) is 74.6 Å². The lowest BCUT2D eigenvalue weighted by Crippen LogP contribution is -2.17. The average Bonchev–Trinajstić information content (AvgIpc) is 1.98. The quantitative estimate of drug-likeness (QED) is 0.683. The molecule has 0 spiro atoms. The van der Waals surface area contributed by atoms with Crippen LogP contribution in [-0.4, -0.2) is 21.1 Å². The molecule has 0 rings (SSSR count). The van der Waals surface area contributed by atoms with E-state index < -0.39 is 27.4 Å². The average molecular weight is 212 g/mol. The van der Waals surface area contributed by atoms with Crippen molar-refractivity contribution in [1.29, 1.82) is 0 Å². The van der Waals surface area contributed by atoms with Crippen LogP contribution in [0.1, 0.15) is 26.7 Å². The Hall–Kier alpha value is 0.120. The standard InChI is InChI=1S/C6H12O4P2/c1-3-5(11(7)8)6(4-2)12(9)10/h5-6H,3-4H2,1-2H3/p+2. The molecule has 0 aliphatic rings. The highest BCUT2D eigenvalue weighted by molar-refractivity contribution is 7.43. The summed E-state index contributed by atoms with van der Waals surface area (Å²) in [5.41, 5.74) is -1.09. The lowest BCUT2D eigenvalue weighted by atomic mass is 10.2. The molecule has 0 radical (unpaired) electrons. The van der Waals surface area contributed by atoms with E-state index in [1.807, 2.05) is 0 Å². The second kappa shape index (κ2) is 5.71. The maximum absolute atomic E-state index is 10.7. The van der Waals surface area contributed by atoms with Crippen LogP contribution in [0.5, 0.6) is 0 Å². The summed E-state index contributed by atoms with van der Waals surface area (Å²) in [5, 5.41) is 0. The Labute approximate surface area is 73.7 Å². The third-order valence-corrected chi connectivity index (χ3v) is 4.67. The maximum Gasteiger partial charge on any atom is 0.513 e. The first-order chi connectivity index (χ1) is 5.54. The molecule has 0 amide bonds. The third kappa shape index (κ3) is 3.24. The molecule has 0 saturated heterocycles. The molecule has 2 N–H and O–H groups in total. The molecule has 0 saturated carbocycles. The van der Waals surface area contributed by atoms with Crippen LogP contribution in [0.3, 0.4) is 0 Å². The minimum absolute atomic E-state index is 0.464. The fourth-order valence-corrected chi connectivity index (χ4v) is 3.47. The smallest absolute Gasteiger partial charge is 0.160 e. The van der Waals surface area contributed by atoms with E-state index in [-0.39, 0.29) is 0 Å². The van der Waals surface area contributed by atoms with Crippen LogP contribution in [0.4, 0.5) is 0 Å². The molecule has 70 valence electrons. The Bertz CT molecular complexity index is 162. The van der Waals surface area contributed by atoms with Gasteiger partial charge in [-0.25, -0.2) is 0 Å². The Balaban J connectivity index is 4.44. The molecule has 4 atom stereocenters. The predicted octanol–water partition coefficient (Wildman–Crippen LogP) is 2.01. The molecular weight excluding hydrogens is 198 g/mol. The van der Waals surface area contributed by atoms with E-state index in [2.05, 4.69) is 0 Å². The van der Waals surface area contributed by atoms with Gasteiger partial charge in [0, 0.05) is 0 Å². The van der Waals surface area contributed by atoms with Gasteiger partial charge < -0.3 is 0 Å². The first-order valence-corrected chi connectivity index (χ1v) is 6.41. The van der Waals surface area contributed by atoms with Crippen LogP contribution in [0, 0.1) is 0 Å². The molecule has 0 aliphatic carbocycles. The first kappa shape index (κ1) is 12.1. The lowest BCUT2D eigenvalue weighted by molar-refractivity contribution is 0.456. The monoisotopic (exact) mass is 212 g/mol. The molecule has 0 heterocycles. The number of hydrogen-bond donors (Lipinski definition) is 2. The SMILES string of the molecule is CCC(C(CC)[P+](=O)O)[P+](=O)O. The number of rotatable bonds is 5. The minimum Gasteiger partial charge on any atom is -0.160 e. The summed E-state index contributed by atoms with van der Waals surface area (Å²) >= 11 is 0. The van der Waals surface area contributed by atoms with Crippen molar-refractivity contribution in [1.82, 2.24) is 0 Å². The predicted molar refractivity (Wildman–Crippen MR) is 47.8 cm³/mol. The Kier molecular flexibility index (Phi) is 5.77. The van der Waals surface area contributed by atoms with Crippen molar-refractivity contribution in [2.24, 2.45) is 0 Å². The van der Waals surface area contributed by atoms with Crippen LogP contribution in [0.25, 0.3) is 0 Å². The van der Waals surface area contributed by atoms with Crippen LogP contribution < -0.4 is 0 Å². The molecule has 0 aromatic carbocycles. The molecule has 0 bridgehead atoms. The van der Waals surface area contributed by atoms with Gasteiger partial charge in [-0.15, -0.1) is 0 Å². The first-order valence-electron chi connectivity index (χ1n) is 3.85. The zero-order valence-electron chi connectivity index (χ0n) is 7.17. The molecule has 12 heavy (non-hydrogen) atoms. The van der Waals surface area contributed by atoms with Crippen molar-refractivity contribution < 1.29 is 18.9 Å². The summed E-state index contributed by atoms with van der Waals surface area (Å²) in [6.45, 7) is 3.49. The Morgan fingerprint density at radius 1 is 1.00 bits per heavy atom. The summed E-state index contributed by atoms with van der Waals surface area (Å²) < 4.78 is 21.5. The largest absolute Gasteiger partial charge is 0.513 e. The van der Waals surface area contributed by atoms with Crippen molar-refractivity contribution in [3.63, 3.8) is 0 Å². The van der Waals surface area contributed by atoms with Gasteiger partial charge in [-0.3, -0.25) is 0 Å². The molecule has 6 heteroatoms. The van der Waals surface area contributed by atoms with E-state index in [0.29, 0.717) is 12.8 Å². The van der Waals surface area contributed by atoms with Crippen LogP contribution in [-0.2, 0) is 9.13 Å². The van der Waals surface area contributed by atoms with E-state index >= 15 is 0 Å². The summed E-state index contributed by atoms with van der Waals surface area (Å²) in [4.78, 5) is 17.7. The fraction of sp³-hybridized carbons (Fsp3) is 1.00. The molecule has 4 nitrogen and oxygen atoms in total. The molecule has 4 unspecified atom stereocenters. The second-order valence-electron chi connectivity index (χ2n) is 2.56. The highest BCUT2D eigenvalue weighted by Gasteiger charge is 2.46. The normalized spacial score (nSPS) is 18.3. The van der Waals surface area contributed by atoms with Gasteiger partial charge in [0.25, 0.3) is 0 Å². The van der Waals surface area contributed by atoms with Gasteiger partial charge in [0.05, 0.1) is 0 Å². The maximum atomic E-state index is 10.7. The van der Waals surface area contributed by atoms with Gasteiger partial charge in [-0.2, -0.15) is 9.79 Å².